The third-order valence-electron chi connectivity index (χ3n) is 1.21. The monoisotopic (exact) mass is 172 g/mol. The summed E-state index contributed by atoms with van der Waals surface area (Å²) in [5.74, 6) is 0. The van der Waals surface area contributed by atoms with E-state index in [9.17, 15) is 0 Å². The molecule has 3 heteroatoms. The maximum atomic E-state index is 5.11. The number of rotatable bonds is 7. The smallest absolute Gasteiger partial charge is 0.176 e. The van der Waals surface area contributed by atoms with Gasteiger partial charge in [0, 0.05) is 14.2 Å². The first-order valence-corrected chi connectivity index (χ1v) is 3.76. The first-order chi connectivity index (χ1) is 5.85. The van der Waals surface area contributed by atoms with Crippen molar-refractivity contribution in [1.82, 2.24) is 0 Å². The fourth-order valence-electron chi connectivity index (χ4n) is 0.639. The highest BCUT2D eigenvalue weighted by Gasteiger charge is 1.95. The highest BCUT2D eigenvalue weighted by atomic mass is 16.7. The van der Waals surface area contributed by atoms with Crippen LogP contribution in [0.25, 0.3) is 0 Å². The second kappa shape index (κ2) is 8.46. The Morgan fingerprint density at radius 3 is 2.42 bits per heavy atom. The Morgan fingerprint density at radius 2 is 1.92 bits per heavy atom. The lowest BCUT2D eigenvalue weighted by atomic mass is 10.5. The van der Waals surface area contributed by atoms with E-state index in [2.05, 4.69) is 6.58 Å². The van der Waals surface area contributed by atoms with E-state index >= 15 is 0 Å². The lowest BCUT2D eigenvalue weighted by Crippen LogP contribution is -2.08. The molecule has 0 amide bonds. The molecule has 0 spiro atoms. The molecule has 0 aliphatic rings. The van der Waals surface area contributed by atoms with Crippen LogP contribution >= 0.6 is 0 Å². The van der Waals surface area contributed by atoms with Crippen LogP contribution in [0.5, 0.6) is 0 Å². The standard InChI is InChI=1S/C9H16O3/c1-4-7-12-8-5-6-9(10-2)11-3/h4-6,9H,1,7-8H2,2-3H3/b6-5+. The van der Waals surface area contributed by atoms with Gasteiger partial charge in [0.05, 0.1) is 13.2 Å². The summed E-state index contributed by atoms with van der Waals surface area (Å²) in [6.45, 7) is 4.64. The van der Waals surface area contributed by atoms with Crippen molar-refractivity contribution in [3.8, 4) is 0 Å². The molecule has 0 heterocycles. The molecule has 0 saturated carbocycles. The Bertz CT molecular complexity index is 128. The van der Waals surface area contributed by atoms with Crippen LogP contribution in [-0.4, -0.2) is 33.7 Å². The van der Waals surface area contributed by atoms with Crippen molar-refractivity contribution >= 4 is 0 Å². The van der Waals surface area contributed by atoms with E-state index in [1.807, 2.05) is 6.08 Å². The van der Waals surface area contributed by atoms with Gasteiger partial charge in [-0.15, -0.1) is 6.58 Å². The van der Waals surface area contributed by atoms with Crippen molar-refractivity contribution in [2.45, 2.75) is 6.29 Å². The lowest BCUT2D eigenvalue weighted by Gasteiger charge is -2.06. The number of hydrogen-bond donors (Lipinski definition) is 0. The average Bonchev–Trinajstić information content (AvgIpc) is 2.11. The van der Waals surface area contributed by atoms with Crippen molar-refractivity contribution in [1.29, 1.82) is 0 Å². The van der Waals surface area contributed by atoms with Crippen LogP contribution < -0.4 is 0 Å². The van der Waals surface area contributed by atoms with Gasteiger partial charge in [-0.3, -0.25) is 0 Å². The summed E-state index contributed by atoms with van der Waals surface area (Å²) in [5, 5.41) is 0. The van der Waals surface area contributed by atoms with Crippen LogP contribution in [0.3, 0.4) is 0 Å². The molecule has 0 rings (SSSR count). The Kier molecular flexibility index (Phi) is 8.01. The van der Waals surface area contributed by atoms with Gasteiger partial charge in [0.25, 0.3) is 0 Å². The minimum Gasteiger partial charge on any atom is -0.373 e. The number of hydrogen-bond acceptors (Lipinski definition) is 3. The van der Waals surface area contributed by atoms with Gasteiger partial charge in [-0.05, 0) is 6.08 Å². The van der Waals surface area contributed by atoms with E-state index in [0.717, 1.165) is 0 Å². The first-order valence-electron chi connectivity index (χ1n) is 3.76. The second-order valence-corrected chi connectivity index (χ2v) is 2.09. The van der Waals surface area contributed by atoms with Crippen LogP contribution in [0.4, 0.5) is 0 Å². The van der Waals surface area contributed by atoms with Crippen LogP contribution in [0.1, 0.15) is 0 Å². The van der Waals surface area contributed by atoms with E-state index in [1.165, 1.54) is 0 Å². The van der Waals surface area contributed by atoms with E-state index in [-0.39, 0.29) is 6.29 Å². The van der Waals surface area contributed by atoms with Gasteiger partial charge in [-0.25, -0.2) is 0 Å². The molecule has 0 aromatic carbocycles. The molecule has 0 aromatic rings. The molecule has 0 atom stereocenters. The minimum absolute atomic E-state index is 0.280. The van der Waals surface area contributed by atoms with E-state index < -0.39 is 0 Å². The highest BCUT2D eigenvalue weighted by Crippen LogP contribution is 1.92. The van der Waals surface area contributed by atoms with Gasteiger partial charge in [0.1, 0.15) is 0 Å². The van der Waals surface area contributed by atoms with Crippen LogP contribution in [0.15, 0.2) is 24.8 Å². The zero-order valence-corrected chi connectivity index (χ0v) is 7.66. The maximum Gasteiger partial charge on any atom is 0.176 e. The molecular weight excluding hydrogens is 156 g/mol. The van der Waals surface area contributed by atoms with E-state index in [0.29, 0.717) is 13.2 Å². The zero-order valence-electron chi connectivity index (χ0n) is 7.66. The summed E-state index contributed by atoms with van der Waals surface area (Å²) in [4.78, 5) is 0. The SMILES string of the molecule is C=CCOC/C=C/C(OC)OC. The second-order valence-electron chi connectivity index (χ2n) is 2.09. The van der Waals surface area contributed by atoms with Gasteiger partial charge < -0.3 is 14.2 Å². The summed E-state index contributed by atoms with van der Waals surface area (Å²) in [6, 6.07) is 0. The van der Waals surface area contributed by atoms with E-state index in [4.69, 9.17) is 14.2 Å². The predicted molar refractivity (Wildman–Crippen MR) is 48.0 cm³/mol. The molecule has 70 valence electrons. The first kappa shape index (κ1) is 11.4. The van der Waals surface area contributed by atoms with Crippen LogP contribution in [0.2, 0.25) is 0 Å². The summed E-state index contributed by atoms with van der Waals surface area (Å²) in [5.41, 5.74) is 0. The predicted octanol–water partition coefficient (Wildman–Crippen LogP) is 1.36. The van der Waals surface area contributed by atoms with Crippen LogP contribution in [-0.2, 0) is 14.2 Å². The molecule has 12 heavy (non-hydrogen) atoms. The average molecular weight is 172 g/mol. The minimum atomic E-state index is -0.280. The normalized spacial score (nSPS) is 11.2. The summed E-state index contributed by atoms with van der Waals surface area (Å²) < 4.78 is 14.9. The van der Waals surface area contributed by atoms with E-state index in [1.54, 1.807) is 26.4 Å². The van der Waals surface area contributed by atoms with Gasteiger partial charge in [-0.1, -0.05) is 12.2 Å². The fraction of sp³-hybridized carbons (Fsp3) is 0.556. The Hall–Kier alpha value is -0.640. The van der Waals surface area contributed by atoms with Gasteiger partial charge in [0.15, 0.2) is 6.29 Å². The van der Waals surface area contributed by atoms with Gasteiger partial charge in [0.2, 0.25) is 0 Å². The Morgan fingerprint density at radius 1 is 1.25 bits per heavy atom. The van der Waals surface area contributed by atoms with Crippen molar-refractivity contribution in [3.63, 3.8) is 0 Å². The van der Waals surface area contributed by atoms with Gasteiger partial charge in [-0.2, -0.15) is 0 Å². The molecule has 0 radical (unpaired) electrons. The maximum absolute atomic E-state index is 5.11. The third kappa shape index (κ3) is 6.09. The summed E-state index contributed by atoms with van der Waals surface area (Å²) >= 11 is 0. The van der Waals surface area contributed by atoms with Crippen molar-refractivity contribution in [3.05, 3.63) is 24.8 Å². The zero-order chi connectivity index (χ0) is 9.23. The van der Waals surface area contributed by atoms with Crippen molar-refractivity contribution in [2.75, 3.05) is 27.4 Å². The Labute approximate surface area is 73.6 Å². The molecule has 0 fully saturated rings. The van der Waals surface area contributed by atoms with Crippen molar-refractivity contribution < 1.29 is 14.2 Å². The summed E-state index contributed by atoms with van der Waals surface area (Å²) in [7, 11) is 3.17. The molecule has 0 unspecified atom stereocenters. The molecular formula is C9H16O3. The highest BCUT2D eigenvalue weighted by molar-refractivity contribution is 4.85. The molecule has 0 aliphatic carbocycles. The van der Waals surface area contributed by atoms with Crippen molar-refractivity contribution in [2.24, 2.45) is 0 Å². The number of ether oxygens (including phenoxy) is 3. The number of methoxy groups -OCH3 is 2. The topological polar surface area (TPSA) is 27.7 Å². The largest absolute Gasteiger partial charge is 0.373 e. The Balaban J connectivity index is 3.38. The molecule has 0 N–H and O–H groups in total. The quantitative estimate of drug-likeness (QED) is 0.330. The molecule has 0 bridgehead atoms. The molecule has 0 saturated heterocycles. The third-order valence-corrected chi connectivity index (χ3v) is 1.21. The lowest BCUT2D eigenvalue weighted by molar-refractivity contribution is -0.0669. The van der Waals surface area contributed by atoms with Crippen LogP contribution in [0, 0.1) is 0 Å². The molecule has 3 nitrogen and oxygen atoms in total. The molecule has 0 aliphatic heterocycles. The van der Waals surface area contributed by atoms with Gasteiger partial charge >= 0.3 is 0 Å². The summed E-state index contributed by atoms with van der Waals surface area (Å²) in [6.07, 6.45) is 5.07. The fourth-order valence-corrected chi connectivity index (χ4v) is 0.639. The molecule has 0 aromatic heterocycles.